The van der Waals surface area contributed by atoms with Gasteiger partial charge in [-0.3, -0.25) is 9.97 Å². The predicted molar refractivity (Wildman–Crippen MR) is 613 cm³/mol. The molecular formula is C138H97N7. The Kier molecular flexibility index (Phi) is 21.3. The summed E-state index contributed by atoms with van der Waals surface area (Å²) >= 11 is 0. The molecule has 0 aliphatic heterocycles. The van der Waals surface area contributed by atoms with Crippen molar-refractivity contribution in [3.63, 3.8) is 0 Å². The second kappa shape index (κ2) is 35.5. The van der Waals surface area contributed by atoms with E-state index in [2.05, 4.69) is 463 Å². The van der Waals surface area contributed by atoms with E-state index >= 15 is 0 Å². The first-order valence-electron chi connectivity index (χ1n) is 50.0. The van der Waals surface area contributed by atoms with Crippen molar-refractivity contribution in [1.82, 2.24) is 34.5 Å². The highest BCUT2D eigenvalue weighted by molar-refractivity contribution is 6.30. The molecule has 7 aromatic heterocycles. The Balaban J connectivity index is 0.000000111. The van der Waals surface area contributed by atoms with Crippen LogP contribution < -0.4 is 0 Å². The van der Waals surface area contributed by atoms with Gasteiger partial charge in [0.2, 0.25) is 0 Å². The highest BCUT2D eigenvalue weighted by atomic mass is 15.0. The van der Waals surface area contributed by atoms with Crippen LogP contribution in [-0.4, -0.2) is 34.5 Å². The minimum absolute atomic E-state index is 0.0606. The van der Waals surface area contributed by atoms with Crippen molar-refractivity contribution in [2.24, 2.45) is 0 Å². The average Bonchev–Trinajstić information content (AvgIpc) is 1.55. The third-order valence-corrected chi connectivity index (χ3v) is 29.4. The van der Waals surface area contributed by atoms with Gasteiger partial charge in [-0.1, -0.05) is 399 Å². The maximum absolute atomic E-state index is 5.18. The molecule has 7 heteroatoms. The fraction of sp³-hybridized carbons (Fsp3) is 0.0580. The topological polar surface area (TPSA) is 82.3 Å². The molecule has 0 saturated carbocycles. The van der Waals surface area contributed by atoms with Crippen LogP contribution in [-0.2, 0) is 10.8 Å². The molecule has 0 bridgehead atoms. The van der Waals surface area contributed by atoms with Crippen molar-refractivity contribution < 1.29 is 0 Å². The molecule has 0 atom stereocenters. The molecule has 0 spiro atoms. The first kappa shape index (κ1) is 87.0. The van der Waals surface area contributed by atoms with E-state index in [0.29, 0.717) is 0 Å². The van der Waals surface area contributed by atoms with Crippen LogP contribution in [0, 0.1) is 0 Å². The number of aromatic nitrogens is 7. The Morgan fingerprint density at radius 2 is 0.545 bits per heavy atom. The highest BCUT2D eigenvalue weighted by Crippen LogP contribution is 2.50. The van der Waals surface area contributed by atoms with Gasteiger partial charge in [0.15, 0.2) is 0 Å². The van der Waals surface area contributed by atoms with E-state index in [4.69, 9.17) is 19.9 Å². The molecule has 21 aromatic carbocycles. The molecule has 0 N–H and O–H groups in total. The van der Waals surface area contributed by atoms with Crippen LogP contribution in [0.4, 0.5) is 0 Å². The number of pyridine rings is 6. The molecule has 28 rings (SSSR count). The Labute approximate surface area is 841 Å². The van der Waals surface area contributed by atoms with Crippen molar-refractivity contribution in [3.05, 3.63) is 491 Å². The van der Waals surface area contributed by atoms with Crippen LogP contribution in [0.3, 0.4) is 0 Å². The number of rotatable bonds is 12. The van der Waals surface area contributed by atoms with E-state index in [1.165, 1.54) is 175 Å². The first-order chi connectivity index (χ1) is 71.1. The lowest BCUT2D eigenvalue weighted by Gasteiger charge is -2.23. The number of para-hydroxylation sites is 2. The summed E-state index contributed by atoms with van der Waals surface area (Å²) in [7, 11) is 0. The van der Waals surface area contributed by atoms with Gasteiger partial charge in [-0.25, -0.2) is 19.9 Å². The SMILES string of the molecule is CC(C)(C)c1cc2ccc3c(-c4ccc(-c5ccccn5)cc4)cc(-c4cccc(-c5ccc6ccccc6c5)c4)c4ccc(c1)c2c34.CC(C)(C)c1cc2ccc3c(-c4ccc(-c5cccnc5)cc4)cc(-c4ccc5c(c4)c4ccccc4n5-c4ccccc4)c4ccc(c1)c2c34.c1ccc(-c2ccc3ccc4ccc(-c5cccc(-c6ccc7ccc8ccc(-c9ccccc9)nc8c7n6)c5)nc4c3n2)cc1. The first-order valence-corrected chi connectivity index (χ1v) is 50.0. The molecule has 28 aromatic rings. The highest BCUT2D eigenvalue weighted by Gasteiger charge is 2.26. The molecule has 0 fully saturated rings. The smallest absolute Gasteiger partial charge is 0.0972 e. The minimum atomic E-state index is 0.0606. The van der Waals surface area contributed by atoms with Crippen molar-refractivity contribution in [2.45, 2.75) is 52.4 Å². The molecule has 0 aliphatic rings. The average molecular weight is 1850 g/mol. The van der Waals surface area contributed by atoms with Crippen molar-refractivity contribution in [3.8, 4) is 129 Å². The number of nitrogens with zero attached hydrogens (tertiary/aromatic N) is 7. The van der Waals surface area contributed by atoms with Crippen molar-refractivity contribution in [1.29, 1.82) is 0 Å². The van der Waals surface area contributed by atoms with Crippen LogP contribution in [0.15, 0.2) is 480 Å². The lowest BCUT2D eigenvalue weighted by molar-refractivity contribution is 0.591. The molecule has 7 heterocycles. The van der Waals surface area contributed by atoms with Gasteiger partial charge < -0.3 is 4.57 Å². The molecule has 145 heavy (non-hydrogen) atoms. The number of hydrogen-bond donors (Lipinski definition) is 0. The second-order valence-corrected chi connectivity index (χ2v) is 40.4. The molecule has 0 radical (unpaired) electrons. The largest absolute Gasteiger partial charge is 0.309 e. The second-order valence-electron chi connectivity index (χ2n) is 40.4. The summed E-state index contributed by atoms with van der Waals surface area (Å²) in [6.07, 6.45) is 5.61. The summed E-state index contributed by atoms with van der Waals surface area (Å²) in [6, 6.07) is 167. The molecular weight excluding hydrogens is 1760 g/mol. The Hall–Kier alpha value is -18.3. The molecule has 7 nitrogen and oxygen atoms in total. The molecule has 0 aliphatic carbocycles. The molecule has 684 valence electrons. The molecule has 0 amide bonds. The molecule has 0 unspecified atom stereocenters. The summed E-state index contributed by atoms with van der Waals surface area (Å²) in [6.45, 7) is 13.8. The van der Waals surface area contributed by atoms with Crippen molar-refractivity contribution in [2.75, 3.05) is 0 Å². The van der Waals surface area contributed by atoms with E-state index in [-0.39, 0.29) is 10.8 Å². The monoisotopic (exact) mass is 1850 g/mol. The standard InChI is InChI=1S/C49H36N2.C47H35N.C42H26N4/c1-49(2,3)37-26-34-19-22-40-42(32-17-15-31(16-18-32)36-10-9-25-50-30-36)29-43(41-23-20-35(27-37)47(34)48(40)41)33-21-24-46-44(28-33)39-13-7-8-14-45(39)51(46)38-11-5-4-6-12-38;1-47(2,3)39-27-37-20-22-40-42(31-15-17-32(18-16-31)44-13-6-7-24-48-44)29-43(41-23-21-38(28-39)45(37)46(40)41)36-12-8-11-34(26-36)35-19-14-30-9-4-5-10-33(30)25-35;1-3-8-27(9-4-1)35-22-18-29-14-16-31-20-24-37(45-41(31)39(29)43-35)33-12-7-13-34(26-33)38-25-21-32-17-15-30-19-23-36(28-10-5-2-6-11-28)44-40(30)42(32)46-38/h4-30H,1-3H3;4-29H,1-3H3;1-26H. The fourth-order valence-electron chi connectivity index (χ4n) is 21.8. The maximum Gasteiger partial charge on any atom is 0.0972 e. The van der Waals surface area contributed by atoms with Gasteiger partial charge in [-0.2, -0.15) is 0 Å². The Bertz CT molecular complexity index is 9710. The summed E-state index contributed by atoms with van der Waals surface area (Å²) in [5.74, 6) is 0. The van der Waals surface area contributed by atoms with Crippen LogP contribution >= 0.6 is 0 Å². The van der Waals surface area contributed by atoms with E-state index in [0.717, 1.165) is 105 Å². The van der Waals surface area contributed by atoms with Crippen LogP contribution in [0.5, 0.6) is 0 Å². The van der Waals surface area contributed by atoms with E-state index in [9.17, 15) is 0 Å². The number of hydrogen-bond acceptors (Lipinski definition) is 6. The summed E-state index contributed by atoms with van der Waals surface area (Å²) < 4.78 is 2.39. The zero-order chi connectivity index (χ0) is 97.1. The van der Waals surface area contributed by atoms with Crippen LogP contribution in [0.2, 0.25) is 0 Å². The normalized spacial score (nSPS) is 11.9. The van der Waals surface area contributed by atoms with E-state index in [1.807, 2.05) is 73.2 Å². The summed E-state index contributed by atoms with van der Waals surface area (Å²) in [5.41, 5.74) is 34.7. The van der Waals surface area contributed by atoms with Gasteiger partial charge in [-0.05, 0) is 267 Å². The zero-order valence-electron chi connectivity index (χ0n) is 81.2. The van der Waals surface area contributed by atoms with Gasteiger partial charge in [0.1, 0.15) is 0 Å². The maximum atomic E-state index is 5.18. The van der Waals surface area contributed by atoms with Crippen LogP contribution in [0.1, 0.15) is 52.7 Å². The Morgan fingerprint density at radius 3 is 1.03 bits per heavy atom. The summed E-state index contributed by atoms with van der Waals surface area (Å²) in [4.78, 5) is 29.4. The molecule has 0 saturated heterocycles. The number of benzene rings is 21. The van der Waals surface area contributed by atoms with Gasteiger partial charge >= 0.3 is 0 Å². The quantitative estimate of drug-likeness (QED) is 0.113. The lowest BCUT2D eigenvalue weighted by atomic mass is 9.81. The van der Waals surface area contributed by atoms with Crippen LogP contribution in [0.25, 0.3) is 270 Å². The Morgan fingerprint density at radius 1 is 0.186 bits per heavy atom. The van der Waals surface area contributed by atoms with E-state index in [1.54, 1.807) is 0 Å². The predicted octanol–water partition coefficient (Wildman–Crippen LogP) is 37.0. The van der Waals surface area contributed by atoms with Gasteiger partial charge in [-0.15, -0.1) is 0 Å². The fourth-order valence-corrected chi connectivity index (χ4v) is 21.8. The van der Waals surface area contributed by atoms with Gasteiger partial charge in [0.25, 0.3) is 0 Å². The minimum Gasteiger partial charge on any atom is -0.309 e. The zero-order valence-corrected chi connectivity index (χ0v) is 81.2. The van der Waals surface area contributed by atoms with E-state index < -0.39 is 0 Å². The third kappa shape index (κ3) is 15.9. The number of fused-ring (bicyclic) bond motifs is 10. The summed E-state index contributed by atoms with van der Waals surface area (Å²) in [5, 5.41) is 25.0. The lowest BCUT2D eigenvalue weighted by Crippen LogP contribution is -2.10. The van der Waals surface area contributed by atoms with Gasteiger partial charge in [0, 0.05) is 84.4 Å². The van der Waals surface area contributed by atoms with Gasteiger partial charge in [0.05, 0.1) is 61.6 Å². The van der Waals surface area contributed by atoms with Crippen molar-refractivity contribution >= 4 is 141 Å². The third-order valence-electron chi connectivity index (χ3n) is 29.4.